The van der Waals surface area contributed by atoms with Crippen LogP contribution in [0.4, 0.5) is 0 Å². The van der Waals surface area contributed by atoms with Gasteiger partial charge in [-0.25, -0.2) is 0 Å². The van der Waals surface area contributed by atoms with Crippen LogP contribution in [0.2, 0.25) is 0 Å². The lowest BCUT2D eigenvalue weighted by Crippen LogP contribution is -2.27. The van der Waals surface area contributed by atoms with Gasteiger partial charge in [-0.1, -0.05) is 25.1 Å². The van der Waals surface area contributed by atoms with Gasteiger partial charge in [0.1, 0.15) is 5.75 Å². The quantitative estimate of drug-likeness (QED) is 0.588. The molecule has 0 fully saturated rings. The molecule has 0 aliphatic rings. The number of ether oxygens (including phenoxy) is 3. The van der Waals surface area contributed by atoms with Crippen molar-refractivity contribution in [3.05, 3.63) is 59.7 Å². The first-order chi connectivity index (χ1) is 13.5. The first-order valence-corrected chi connectivity index (χ1v) is 9.39. The SMILES string of the molecule is CCCOc1ccc(/C=C/C(=O)N(C)C(C)c2ccc(OC)cc2)cc1OC. The van der Waals surface area contributed by atoms with E-state index >= 15 is 0 Å². The van der Waals surface area contributed by atoms with Crippen LogP contribution in [0.15, 0.2) is 48.5 Å². The Labute approximate surface area is 167 Å². The van der Waals surface area contributed by atoms with E-state index < -0.39 is 0 Å². The largest absolute Gasteiger partial charge is 0.497 e. The van der Waals surface area contributed by atoms with Crippen LogP contribution in [-0.2, 0) is 4.79 Å². The second-order valence-corrected chi connectivity index (χ2v) is 6.49. The van der Waals surface area contributed by atoms with Gasteiger partial charge in [-0.05, 0) is 54.8 Å². The summed E-state index contributed by atoms with van der Waals surface area (Å²) in [5.41, 5.74) is 1.92. The Morgan fingerprint density at radius 2 is 1.79 bits per heavy atom. The lowest BCUT2D eigenvalue weighted by molar-refractivity contribution is -0.126. The van der Waals surface area contributed by atoms with Crippen molar-refractivity contribution in [2.45, 2.75) is 26.3 Å². The van der Waals surface area contributed by atoms with E-state index in [-0.39, 0.29) is 11.9 Å². The molecular weight excluding hydrogens is 354 g/mol. The van der Waals surface area contributed by atoms with Gasteiger partial charge in [-0.2, -0.15) is 0 Å². The maximum atomic E-state index is 12.6. The van der Waals surface area contributed by atoms with Crippen LogP contribution >= 0.6 is 0 Å². The predicted molar refractivity (Wildman–Crippen MR) is 112 cm³/mol. The first-order valence-electron chi connectivity index (χ1n) is 9.39. The lowest BCUT2D eigenvalue weighted by atomic mass is 10.1. The van der Waals surface area contributed by atoms with Gasteiger partial charge in [0, 0.05) is 13.1 Å². The minimum Gasteiger partial charge on any atom is -0.497 e. The standard InChI is InChI=1S/C23H29NO4/c1-6-15-28-21-13-7-18(16-22(21)27-5)8-14-23(25)24(3)17(2)19-9-11-20(26-4)12-10-19/h7-14,16-17H,6,15H2,1-5H3/b14-8+. The zero-order valence-electron chi connectivity index (χ0n) is 17.3. The van der Waals surface area contributed by atoms with Gasteiger partial charge < -0.3 is 19.1 Å². The Morgan fingerprint density at radius 3 is 2.39 bits per heavy atom. The van der Waals surface area contributed by atoms with Crippen LogP contribution < -0.4 is 14.2 Å². The molecule has 0 radical (unpaired) electrons. The van der Waals surface area contributed by atoms with Crippen LogP contribution in [0, 0.1) is 0 Å². The monoisotopic (exact) mass is 383 g/mol. The molecule has 5 heteroatoms. The van der Waals surface area contributed by atoms with Gasteiger partial charge in [0.15, 0.2) is 11.5 Å². The molecule has 0 heterocycles. The van der Waals surface area contributed by atoms with Gasteiger partial charge >= 0.3 is 0 Å². The molecular formula is C23H29NO4. The van der Waals surface area contributed by atoms with E-state index in [4.69, 9.17) is 14.2 Å². The van der Waals surface area contributed by atoms with Crippen molar-refractivity contribution in [3.8, 4) is 17.2 Å². The molecule has 1 unspecified atom stereocenters. The fraction of sp³-hybridized carbons (Fsp3) is 0.348. The number of benzene rings is 2. The Kier molecular flexibility index (Phi) is 7.93. The summed E-state index contributed by atoms with van der Waals surface area (Å²) in [7, 11) is 5.04. The summed E-state index contributed by atoms with van der Waals surface area (Å²) in [4.78, 5) is 14.3. The third-order valence-corrected chi connectivity index (χ3v) is 4.59. The molecule has 28 heavy (non-hydrogen) atoms. The van der Waals surface area contributed by atoms with Crippen molar-refractivity contribution in [3.63, 3.8) is 0 Å². The van der Waals surface area contributed by atoms with Crippen molar-refractivity contribution < 1.29 is 19.0 Å². The Hall–Kier alpha value is -2.95. The van der Waals surface area contributed by atoms with Crippen LogP contribution in [0.3, 0.4) is 0 Å². The molecule has 0 saturated carbocycles. The topological polar surface area (TPSA) is 48.0 Å². The molecule has 1 amide bonds. The summed E-state index contributed by atoms with van der Waals surface area (Å²) < 4.78 is 16.2. The Bertz CT molecular complexity index is 799. The number of hydrogen-bond donors (Lipinski definition) is 0. The van der Waals surface area contributed by atoms with Crippen LogP contribution in [-0.4, -0.2) is 38.7 Å². The maximum absolute atomic E-state index is 12.6. The second kappa shape index (κ2) is 10.4. The highest BCUT2D eigenvalue weighted by atomic mass is 16.5. The molecule has 1 atom stereocenters. The maximum Gasteiger partial charge on any atom is 0.246 e. The van der Waals surface area contributed by atoms with Crippen LogP contribution in [0.1, 0.15) is 37.4 Å². The van der Waals surface area contributed by atoms with Crippen molar-refractivity contribution in [2.75, 3.05) is 27.9 Å². The summed E-state index contributed by atoms with van der Waals surface area (Å²) in [6.07, 6.45) is 4.28. The minimum atomic E-state index is -0.0754. The average Bonchev–Trinajstić information content (AvgIpc) is 2.75. The molecule has 0 bridgehead atoms. The summed E-state index contributed by atoms with van der Waals surface area (Å²) in [6, 6.07) is 13.3. The van der Waals surface area contributed by atoms with E-state index in [9.17, 15) is 4.79 Å². The molecule has 2 aromatic carbocycles. The highest BCUT2D eigenvalue weighted by Gasteiger charge is 2.15. The smallest absolute Gasteiger partial charge is 0.246 e. The molecule has 0 aliphatic heterocycles. The number of rotatable bonds is 9. The minimum absolute atomic E-state index is 0.0533. The molecule has 0 aromatic heterocycles. The number of amides is 1. The summed E-state index contributed by atoms with van der Waals surface area (Å²) in [5.74, 6) is 2.08. The second-order valence-electron chi connectivity index (χ2n) is 6.49. The number of methoxy groups -OCH3 is 2. The summed E-state index contributed by atoms with van der Waals surface area (Å²) in [6.45, 7) is 4.69. The highest BCUT2D eigenvalue weighted by molar-refractivity contribution is 5.92. The van der Waals surface area contributed by atoms with Gasteiger partial charge in [-0.15, -0.1) is 0 Å². The zero-order chi connectivity index (χ0) is 20.5. The number of nitrogens with zero attached hydrogens (tertiary/aromatic N) is 1. The van der Waals surface area contributed by atoms with Crippen molar-refractivity contribution in [1.82, 2.24) is 4.90 Å². The molecule has 0 saturated heterocycles. The lowest BCUT2D eigenvalue weighted by Gasteiger charge is -2.24. The van der Waals surface area contributed by atoms with Gasteiger partial charge in [-0.3, -0.25) is 4.79 Å². The van der Waals surface area contributed by atoms with E-state index in [2.05, 4.69) is 6.92 Å². The number of carbonyl (C=O) groups excluding carboxylic acids is 1. The summed E-state index contributed by atoms with van der Waals surface area (Å²) in [5, 5.41) is 0. The van der Waals surface area contributed by atoms with Gasteiger partial charge in [0.2, 0.25) is 5.91 Å². The molecule has 0 spiro atoms. The van der Waals surface area contributed by atoms with Crippen molar-refractivity contribution >= 4 is 12.0 Å². The van der Waals surface area contributed by atoms with Gasteiger partial charge in [0.25, 0.3) is 0 Å². The molecule has 0 aliphatic carbocycles. The molecule has 5 nitrogen and oxygen atoms in total. The summed E-state index contributed by atoms with van der Waals surface area (Å²) >= 11 is 0. The first kappa shape index (κ1) is 21.4. The third kappa shape index (κ3) is 5.52. The van der Waals surface area contributed by atoms with E-state index in [0.717, 1.165) is 23.3 Å². The number of carbonyl (C=O) groups is 1. The van der Waals surface area contributed by atoms with Crippen LogP contribution in [0.5, 0.6) is 17.2 Å². The number of hydrogen-bond acceptors (Lipinski definition) is 4. The predicted octanol–water partition coefficient (Wildman–Crippen LogP) is 4.73. The molecule has 150 valence electrons. The van der Waals surface area contributed by atoms with Gasteiger partial charge in [0.05, 0.1) is 26.9 Å². The number of likely N-dealkylation sites (N-methyl/N-ethyl adjacent to an activating group) is 1. The third-order valence-electron chi connectivity index (χ3n) is 4.59. The average molecular weight is 383 g/mol. The molecule has 0 N–H and O–H groups in total. The fourth-order valence-electron chi connectivity index (χ4n) is 2.70. The zero-order valence-corrected chi connectivity index (χ0v) is 17.3. The van der Waals surface area contributed by atoms with E-state index in [1.165, 1.54) is 0 Å². The van der Waals surface area contributed by atoms with Crippen LogP contribution in [0.25, 0.3) is 6.08 Å². The Balaban J connectivity index is 2.06. The Morgan fingerprint density at radius 1 is 1.07 bits per heavy atom. The van der Waals surface area contributed by atoms with Crippen molar-refractivity contribution in [2.24, 2.45) is 0 Å². The van der Waals surface area contributed by atoms with E-state index in [1.807, 2.05) is 49.4 Å². The molecule has 2 aromatic rings. The fourth-order valence-corrected chi connectivity index (χ4v) is 2.70. The molecule has 2 rings (SSSR count). The normalized spacial score (nSPS) is 11.9. The highest BCUT2D eigenvalue weighted by Crippen LogP contribution is 2.29. The van der Waals surface area contributed by atoms with E-state index in [1.54, 1.807) is 38.3 Å². The van der Waals surface area contributed by atoms with E-state index in [0.29, 0.717) is 18.1 Å². The van der Waals surface area contributed by atoms with Crippen molar-refractivity contribution in [1.29, 1.82) is 0 Å².